The van der Waals surface area contributed by atoms with Gasteiger partial charge in [-0.2, -0.15) is 4.98 Å². The highest BCUT2D eigenvalue weighted by Gasteiger charge is 2.38. The van der Waals surface area contributed by atoms with E-state index in [0.717, 1.165) is 12.8 Å². The summed E-state index contributed by atoms with van der Waals surface area (Å²) in [5.74, 6) is -0.893. The van der Waals surface area contributed by atoms with Gasteiger partial charge in [-0.1, -0.05) is 19.0 Å². The van der Waals surface area contributed by atoms with Gasteiger partial charge in [-0.05, 0) is 25.0 Å². The van der Waals surface area contributed by atoms with Gasteiger partial charge < -0.3 is 14.3 Å². The Hall–Kier alpha value is -2.58. The van der Waals surface area contributed by atoms with Crippen LogP contribution in [0.25, 0.3) is 11.5 Å². The number of hydrogen-bond donors (Lipinski definition) is 0. The van der Waals surface area contributed by atoms with Crippen LogP contribution in [-0.2, 0) is 4.79 Å². The molecule has 0 bridgehead atoms. The molecule has 29 heavy (non-hydrogen) atoms. The molecule has 2 aliphatic rings. The molecule has 9 heteroatoms. The summed E-state index contributed by atoms with van der Waals surface area (Å²) in [6.45, 7) is 5.14. The molecule has 0 radical (unpaired) electrons. The number of piperidine rings is 1. The van der Waals surface area contributed by atoms with Gasteiger partial charge in [-0.3, -0.25) is 4.79 Å². The minimum Gasteiger partial charge on any atom is -0.350 e. The van der Waals surface area contributed by atoms with Crippen LogP contribution in [0.5, 0.6) is 0 Å². The Morgan fingerprint density at radius 2 is 2.03 bits per heavy atom. The number of amides is 1. The second-order valence-corrected chi connectivity index (χ2v) is 8.14. The highest BCUT2D eigenvalue weighted by Crippen LogP contribution is 2.32. The summed E-state index contributed by atoms with van der Waals surface area (Å²) in [6, 6.07) is 3.45. The van der Waals surface area contributed by atoms with Gasteiger partial charge >= 0.3 is 0 Å². The minimum absolute atomic E-state index is 0.000212. The highest BCUT2D eigenvalue weighted by molar-refractivity contribution is 5.78. The van der Waals surface area contributed by atoms with Gasteiger partial charge in [0.2, 0.25) is 5.91 Å². The molecule has 0 aliphatic carbocycles. The molecule has 2 aromatic heterocycles. The van der Waals surface area contributed by atoms with Crippen molar-refractivity contribution in [2.75, 3.05) is 31.1 Å². The van der Waals surface area contributed by atoms with Crippen molar-refractivity contribution in [2.45, 2.75) is 45.0 Å². The number of carbonyl (C=O) groups is 1. The Morgan fingerprint density at radius 1 is 1.28 bits per heavy atom. The van der Waals surface area contributed by atoms with E-state index in [1.807, 2.05) is 18.7 Å². The van der Waals surface area contributed by atoms with Crippen LogP contribution in [0.15, 0.2) is 22.9 Å². The van der Waals surface area contributed by atoms with E-state index in [9.17, 15) is 13.6 Å². The molecule has 0 spiro atoms. The van der Waals surface area contributed by atoms with Crippen LogP contribution in [0.3, 0.4) is 0 Å². The van der Waals surface area contributed by atoms with Crippen molar-refractivity contribution in [3.63, 3.8) is 0 Å². The van der Waals surface area contributed by atoms with Gasteiger partial charge in [0.15, 0.2) is 5.82 Å². The summed E-state index contributed by atoms with van der Waals surface area (Å²) >= 11 is 0. The number of pyridine rings is 1. The fourth-order valence-corrected chi connectivity index (χ4v) is 3.90. The topological polar surface area (TPSA) is 75.4 Å². The van der Waals surface area contributed by atoms with Crippen molar-refractivity contribution in [1.29, 1.82) is 0 Å². The third kappa shape index (κ3) is 4.23. The number of hydrogen-bond acceptors (Lipinski definition) is 6. The quantitative estimate of drug-likeness (QED) is 0.777. The van der Waals surface area contributed by atoms with E-state index in [-0.39, 0.29) is 37.3 Å². The normalized spacial score (nSPS) is 19.9. The van der Waals surface area contributed by atoms with Crippen molar-refractivity contribution >= 4 is 11.7 Å². The summed E-state index contributed by atoms with van der Waals surface area (Å²) < 4.78 is 32.4. The molecule has 2 aromatic rings. The lowest BCUT2D eigenvalue weighted by molar-refractivity contribution is -0.135. The zero-order valence-corrected chi connectivity index (χ0v) is 16.6. The van der Waals surface area contributed by atoms with Crippen LogP contribution in [0, 0.1) is 5.92 Å². The molecule has 2 saturated heterocycles. The number of likely N-dealkylation sites (tertiary alicyclic amines) is 1. The maximum absolute atomic E-state index is 13.5. The second-order valence-electron chi connectivity index (χ2n) is 8.14. The first-order chi connectivity index (χ1) is 13.8. The maximum atomic E-state index is 13.5. The van der Waals surface area contributed by atoms with E-state index in [2.05, 4.69) is 15.1 Å². The molecule has 0 saturated carbocycles. The standard InChI is InChI=1S/C20H25F2N5O2/c1-13(2)19(28)26-8-4-14(5-9-26)17-24-18(29-25-17)15-3-7-23-16(11-15)27-10-6-20(21,22)12-27/h3,7,11,13-14H,4-6,8-10,12H2,1-2H3. The fourth-order valence-electron chi connectivity index (χ4n) is 3.90. The van der Waals surface area contributed by atoms with Crippen LogP contribution in [0.1, 0.15) is 44.9 Å². The molecule has 156 valence electrons. The average Bonchev–Trinajstić information content (AvgIpc) is 3.34. The summed E-state index contributed by atoms with van der Waals surface area (Å²) in [6.07, 6.45) is 2.99. The van der Waals surface area contributed by atoms with E-state index in [4.69, 9.17) is 4.52 Å². The smallest absolute Gasteiger partial charge is 0.266 e. The predicted molar refractivity (Wildman–Crippen MR) is 103 cm³/mol. The van der Waals surface area contributed by atoms with Crippen LogP contribution in [0.2, 0.25) is 0 Å². The summed E-state index contributed by atoms with van der Waals surface area (Å²) in [4.78, 5) is 24.3. The van der Waals surface area contributed by atoms with Crippen molar-refractivity contribution < 1.29 is 18.1 Å². The molecule has 0 atom stereocenters. The molecule has 2 aliphatic heterocycles. The van der Waals surface area contributed by atoms with Crippen molar-refractivity contribution in [2.24, 2.45) is 5.92 Å². The third-order valence-corrected chi connectivity index (χ3v) is 5.59. The lowest BCUT2D eigenvalue weighted by Gasteiger charge is -2.31. The molecular weight excluding hydrogens is 380 g/mol. The van der Waals surface area contributed by atoms with Gasteiger partial charge in [0.1, 0.15) is 5.82 Å². The number of aromatic nitrogens is 3. The van der Waals surface area contributed by atoms with Gasteiger partial charge in [0.25, 0.3) is 11.8 Å². The lowest BCUT2D eigenvalue weighted by Crippen LogP contribution is -2.40. The first-order valence-corrected chi connectivity index (χ1v) is 10.0. The third-order valence-electron chi connectivity index (χ3n) is 5.59. The summed E-state index contributed by atoms with van der Waals surface area (Å²) in [5.41, 5.74) is 0.663. The average molecular weight is 405 g/mol. The van der Waals surface area contributed by atoms with Gasteiger partial charge in [0, 0.05) is 49.7 Å². The predicted octanol–water partition coefficient (Wildman–Crippen LogP) is 3.34. The first kappa shape index (κ1) is 19.7. The fraction of sp³-hybridized carbons (Fsp3) is 0.600. The number of rotatable bonds is 4. The number of halogens is 2. The summed E-state index contributed by atoms with van der Waals surface area (Å²) in [5, 5.41) is 4.13. The Balaban J connectivity index is 1.44. The zero-order chi connectivity index (χ0) is 20.6. The van der Waals surface area contributed by atoms with E-state index >= 15 is 0 Å². The van der Waals surface area contributed by atoms with Gasteiger partial charge in [0.05, 0.1) is 6.54 Å². The number of nitrogens with zero attached hydrogens (tertiary/aromatic N) is 5. The van der Waals surface area contributed by atoms with Crippen LogP contribution in [0.4, 0.5) is 14.6 Å². The van der Waals surface area contributed by atoms with E-state index in [0.29, 0.717) is 36.2 Å². The van der Waals surface area contributed by atoms with Crippen molar-refractivity contribution in [1.82, 2.24) is 20.0 Å². The molecule has 2 fully saturated rings. The van der Waals surface area contributed by atoms with Crippen LogP contribution < -0.4 is 4.90 Å². The monoisotopic (exact) mass is 405 g/mol. The number of carbonyl (C=O) groups excluding carboxylic acids is 1. The Bertz CT molecular complexity index is 877. The molecule has 1 amide bonds. The largest absolute Gasteiger partial charge is 0.350 e. The lowest BCUT2D eigenvalue weighted by atomic mass is 9.95. The first-order valence-electron chi connectivity index (χ1n) is 10.0. The summed E-state index contributed by atoms with van der Waals surface area (Å²) in [7, 11) is 0. The SMILES string of the molecule is CC(C)C(=O)N1CCC(c2noc(-c3ccnc(N4CCC(F)(F)C4)c3)n2)CC1. The molecule has 0 unspecified atom stereocenters. The zero-order valence-electron chi connectivity index (χ0n) is 16.6. The van der Waals surface area contributed by atoms with Gasteiger partial charge in [-0.25, -0.2) is 13.8 Å². The van der Waals surface area contributed by atoms with E-state index < -0.39 is 5.92 Å². The highest BCUT2D eigenvalue weighted by atomic mass is 19.3. The molecule has 7 nitrogen and oxygen atoms in total. The molecule has 4 rings (SSSR count). The minimum atomic E-state index is -2.68. The maximum Gasteiger partial charge on any atom is 0.266 e. The number of alkyl halides is 2. The molecule has 0 aromatic carbocycles. The van der Waals surface area contributed by atoms with Crippen LogP contribution >= 0.6 is 0 Å². The van der Waals surface area contributed by atoms with Crippen molar-refractivity contribution in [3.8, 4) is 11.5 Å². The van der Waals surface area contributed by atoms with Crippen LogP contribution in [-0.4, -0.2) is 58.0 Å². The Morgan fingerprint density at radius 3 is 2.69 bits per heavy atom. The second kappa shape index (κ2) is 7.68. The van der Waals surface area contributed by atoms with Crippen molar-refractivity contribution in [3.05, 3.63) is 24.2 Å². The van der Waals surface area contributed by atoms with E-state index in [1.54, 1.807) is 23.2 Å². The molecular formula is C20H25F2N5O2. The molecule has 4 heterocycles. The Labute approximate surface area is 168 Å². The number of anilines is 1. The van der Waals surface area contributed by atoms with E-state index in [1.165, 1.54) is 0 Å². The molecule has 0 N–H and O–H groups in total. The Kier molecular flexibility index (Phi) is 5.23. The van der Waals surface area contributed by atoms with Gasteiger partial charge in [-0.15, -0.1) is 0 Å².